The molecule has 0 unspecified atom stereocenters. The zero-order chi connectivity index (χ0) is 21.4. The minimum absolute atomic E-state index is 0.0372. The molecule has 2 rings (SSSR count). The van der Waals surface area contributed by atoms with Gasteiger partial charge in [-0.25, -0.2) is 4.79 Å². The number of piperidine rings is 1. The lowest BCUT2D eigenvalue weighted by Gasteiger charge is -2.40. The number of hydrogen-bond donors (Lipinski definition) is 2. The van der Waals surface area contributed by atoms with E-state index in [-0.39, 0.29) is 12.3 Å². The summed E-state index contributed by atoms with van der Waals surface area (Å²) in [5.74, 6) is -1.56. The molecule has 0 aliphatic carbocycles. The van der Waals surface area contributed by atoms with Gasteiger partial charge in [-0.2, -0.15) is 0 Å². The second-order valence-electron chi connectivity index (χ2n) is 6.79. The van der Waals surface area contributed by atoms with Gasteiger partial charge in [0, 0.05) is 18.5 Å². The SMILES string of the molecule is CCCCN1C(=O)CC[C@@H](C(=O)OCC(=O)NC(N)=O)[C@H]1c1ccccc1OC. The van der Waals surface area contributed by atoms with Gasteiger partial charge in [-0.05, 0) is 18.9 Å². The quantitative estimate of drug-likeness (QED) is 0.631. The highest BCUT2D eigenvalue weighted by atomic mass is 16.5. The van der Waals surface area contributed by atoms with Crippen LogP contribution in [0.1, 0.15) is 44.2 Å². The maximum absolute atomic E-state index is 12.8. The lowest BCUT2D eigenvalue weighted by Crippen LogP contribution is -2.46. The molecule has 9 heteroatoms. The molecule has 158 valence electrons. The molecule has 2 atom stereocenters. The number of nitrogens with two attached hydrogens (primary N) is 1. The first-order valence-electron chi connectivity index (χ1n) is 9.57. The molecule has 3 N–H and O–H groups in total. The predicted octanol–water partition coefficient (Wildman–Crippen LogP) is 1.51. The van der Waals surface area contributed by atoms with Crippen molar-refractivity contribution in [1.29, 1.82) is 0 Å². The highest BCUT2D eigenvalue weighted by Crippen LogP contribution is 2.41. The Hall–Kier alpha value is -3.10. The van der Waals surface area contributed by atoms with E-state index in [2.05, 4.69) is 0 Å². The number of urea groups is 1. The van der Waals surface area contributed by atoms with Crippen molar-refractivity contribution in [1.82, 2.24) is 10.2 Å². The van der Waals surface area contributed by atoms with Crippen LogP contribution in [0.5, 0.6) is 5.75 Å². The Balaban J connectivity index is 2.29. The predicted molar refractivity (Wildman–Crippen MR) is 104 cm³/mol. The normalized spacial score (nSPS) is 18.8. The van der Waals surface area contributed by atoms with E-state index in [1.807, 2.05) is 30.4 Å². The fourth-order valence-electron chi connectivity index (χ4n) is 3.50. The number of carbonyl (C=O) groups is 4. The molecule has 0 bridgehead atoms. The summed E-state index contributed by atoms with van der Waals surface area (Å²) in [7, 11) is 1.53. The van der Waals surface area contributed by atoms with Crippen molar-refractivity contribution in [2.24, 2.45) is 11.7 Å². The molecule has 1 aromatic carbocycles. The maximum atomic E-state index is 12.8. The van der Waals surface area contributed by atoms with Crippen LogP contribution in [0.4, 0.5) is 4.79 Å². The summed E-state index contributed by atoms with van der Waals surface area (Å²) in [5.41, 5.74) is 5.59. The van der Waals surface area contributed by atoms with Crippen LogP contribution in [0.2, 0.25) is 0 Å². The fourth-order valence-corrected chi connectivity index (χ4v) is 3.50. The summed E-state index contributed by atoms with van der Waals surface area (Å²) in [5, 5.41) is 1.84. The molecule has 0 radical (unpaired) electrons. The second-order valence-corrected chi connectivity index (χ2v) is 6.79. The Morgan fingerprint density at radius 1 is 1.28 bits per heavy atom. The molecular weight excluding hydrogens is 378 g/mol. The summed E-state index contributed by atoms with van der Waals surface area (Å²) in [6.07, 6.45) is 2.19. The highest BCUT2D eigenvalue weighted by Gasteiger charge is 2.42. The first kappa shape index (κ1) is 22.2. The van der Waals surface area contributed by atoms with Crippen molar-refractivity contribution in [3.63, 3.8) is 0 Å². The minimum Gasteiger partial charge on any atom is -0.496 e. The van der Waals surface area contributed by atoms with Gasteiger partial charge in [0.2, 0.25) is 5.91 Å². The summed E-state index contributed by atoms with van der Waals surface area (Å²) >= 11 is 0. The molecule has 1 aromatic rings. The van der Waals surface area contributed by atoms with E-state index in [1.165, 1.54) is 7.11 Å². The number of imide groups is 1. The molecule has 1 aliphatic rings. The number of para-hydroxylation sites is 1. The van der Waals surface area contributed by atoms with Gasteiger partial charge in [-0.15, -0.1) is 0 Å². The highest BCUT2D eigenvalue weighted by molar-refractivity contribution is 5.95. The molecule has 0 aromatic heterocycles. The molecule has 0 spiro atoms. The number of esters is 1. The van der Waals surface area contributed by atoms with E-state index in [4.69, 9.17) is 15.2 Å². The monoisotopic (exact) mass is 405 g/mol. The first-order valence-corrected chi connectivity index (χ1v) is 9.57. The number of methoxy groups -OCH3 is 1. The Morgan fingerprint density at radius 2 is 2.00 bits per heavy atom. The van der Waals surface area contributed by atoms with E-state index in [9.17, 15) is 19.2 Å². The molecule has 9 nitrogen and oxygen atoms in total. The lowest BCUT2D eigenvalue weighted by molar-refractivity contribution is -0.159. The molecule has 1 heterocycles. The first-order chi connectivity index (χ1) is 13.9. The Bertz CT molecular complexity index is 766. The smallest absolute Gasteiger partial charge is 0.318 e. The van der Waals surface area contributed by atoms with Gasteiger partial charge in [-0.1, -0.05) is 31.5 Å². The van der Waals surface area contributed by atoms with Crippen molar-refractivity contribution in [2.45, 2.75) is 38.6 Å². The topological polar surface area (TPSA) is 128 Å². The van der Waals surface area contributed by atoms with E-state index < -0.39 is 36.5 Å². The number of hydrogen-bond acceptors (Lipinski definition) is 6. The lowest BCUT2D eigenvalue weighted by atomic mass is 9.83. The Labute approximate surface area is 169 Å². The van der Waals surface area contributed by atoms with Crippen LogP contribution in [0.25, 0.3) is 0 Å². The van der Waals surface area contributed by atoms with E-state index in [1.54, 1.807) is 11.0 Å². The summed E-state index contributed by atoms with van der Waals surface area (Å²) < 4.78 is 10.6. The van der Waals surface area contributed by atoms with Gasteiger partial charge >= 0.3 is 12.0 Å². The van der Waals surface area contributed by atoms with Crippen LogP contribution in [0.15, 0.2) is 24.3 Å². The van der Waals surface area contributed by atoms with E-state index in [0.29, 0.717) is 24.3 Å². The zero-order valence-corrected chi connectivity index (χ0v) is 16.7. The number of ether oxygens (including phenoxy) is 2. The average Bonchev–Trinajstić information content (AvgIpc) is 2.70. The molecule has 0 saturated carbocycles. The van der Waals surface area contributed by atoms with Gasteiger partial charge < -0.3 is 20.1 Å². The van der Waals surface area contributed by atoms with Crippen LogP contribution in [-0.2, 0) is 19.1 Å². The zero-order valence-electron chi connectivity index (χ0n) is 16.7. The molecule has 29 heavy (non-hydrogen) atoms. The van der Waals surface area contributed by atoms with Crippen molar-refractivity contribution >= 4 is 23.8 Å². The van der Waals surface area contributed by atoms with Gasteiger partial charge in [0.1, 0.15) is 5.75 Å². The Kier molecular flexibility index (Phi) is 7.99. The van der Waals surface area contributed by atoms with Gasteiger partial charge in [0.15, 0.2) is 6.61 Å². The third-order valence-corrected chi connectivity index (χ3v) is 4.83. The van der Waals surface area contributed by atoms with E-state index >= 15 is 0 Å². The molecule has 4 amide bonds. The molecule has 1 saturated heterocycles. The van der Waals surface area contributed by atoms with Crippen LogP contribution in [0.3, 0.4) is 0 Å². The van der Waals surface area contributed by atoms with Crippen molar-refractivity contribution < 1.29 is 28.7 Å². The number of rotatable bonds is 8. The third-order valence-electron chi connectivity index (χ3n) is 4.83. The number of unbranched alkanes of at least 4 members (excludes halogenated alkanes) is 1. The fraction of sp³-hybridized carbons (Fsp3) is 0.500. The van der Waals surface area contributed by atoms with Crippen molar-refractivity contribution in [3.8, 4) is 5.75 Å². The molecule has 1 fully saturated rings. The maximum Gasteiger partial charge on any atom is 0.318 e. The number of nitrogens with zero attached hydrogens (tertiary/aromatic N) is 1. The molecule has 1 aliphatic heterocycles. The van der Waals surface area contributed by atoms with Gasteiger partial charge in [-0.3, -0.25) is 19.7 Å². The number of likely N-dealkylation sites (tertiary alicyclic amines) is 1. The number of amides is 4. The van der Waals surface area contributed by atoms with Gasteiger partial charge in [0.25, 0.3) is 5.91 Å². The average molecular weight is 405 g/mol. The van der Waals surface area contributed by atoms with E-state index in [0.717, 1.165) is 12.8 Å². The largest absolute Gasteiger partial charge is 0.496 e. The van der Waals surface area contributed by atoms with Crippen LogP contribution in [-0.4, -0.2) is 49.0 Å². The van der Waals surface area contributed by atoms with Crippen molar-refractivity contribution in [2.75, 3.05) is 20.3 Å². The minimum atomic E-state index is -1.02. The molecular formula is C20H27N3O6. The summed E-state index contributed by atoms with van der Waals surface area (Å²) in [6.45, 7) is 1.90. The van der Waals surface area contributed by atoms with Crippen LogP contribution < -0.4 is 15.8 Å². The summed E-state index contributed by atoms with van der Waals surface area (Å²) in [6, 6.07) is 5.64. The van der Waals surface area contributed by atoms with Crippen molar-refractivity contribution in [3.05, 3.63) is 29.8 Å². The summed E-state index contributed by atoms with van der Waals surface area (Å²) in [4.78, 5) is 49.5. The van der Waals surface area contributed by atoms with Crippen LogP contribution in [0, 0.1) is 5.92 Å². The van der Waals surface area contributed by atoms with Gasteiger partial charge in [0.05, 0.1) is 19.1 Å². The third kappa shape index (κ3) is 5.69. The number of primary amides is 1. The standard InChI is InChI=1S/C20H27N3O6/c1-3-4-11-23-17(25)10-9-14(19(26)29-12-16(24)22-20(21)27)18(23)13-7-5-6-8-15(13)28-2/h5-8,14,18H,3-4,9-12H2,1-2H3,(H3,21,22,24,27)/t14-,18-/m1/s1. The number of benzene rings is 1. The second kappa shape index (κ2) is 10.4. The van der Waals surface area contributed by atoms with Crippen LogP contribution >= 0.6 is 0 Å². The number of nitrogens with one attached hydrogen (secondary N) is 1. The number of carbonyl (C=O) groups excluding carboxylic acids is 4. The Morgan fingerprint density at radius 3 is 2.66 bits per heavy atom.